The fourth-order valence-electron chi connectivity index (χ4n) is 1.55. The highest BCUT2D eigenvalue weighted by atomic mass is 32.1. The monoisotopic (exact) mass is 226 g/mol. The average Bonchev–Trinajstić information content (AvgIpc) is 2.62. The van der Waals surface area contributed by atoms with Crippen molar-refractivity contribution < 1.29 is 0 Å². The molecule has 0 radical (unpaired) electrons. The third kappa shape index (κ3) is 3.28. The van der Waals surface area contributed by atoms with E-state index in [0.29, 0.717) is 12.5 Å². The maximum absolute atomic E-state index is 5.77. The Balaban J connectivity index is 2.82. The van der Waals surface area contributed by atoms with E-state index in [1.54, 1.807) is 11.3 Å². The molecular formula is C12H22N2S. The normalized spacial score (nSPS) is 14.2. The summed E-state index contributed by atoms with van der Waals surface area (Å²) < 4.78 is 0. The van der Waals surface area contributed by atoms with Gasteiger partial charge in [-0.05, 0) is 6.42 Å². The smallest absolute Gasteiger partial charge is 0.0982 e. The fourth-order valence-corrected chi connectivity index (χ4v) is 2.54. The van der Waals surface area contributed by atoms with E-state index in [4.69, 9.17) is 10.7 Å². The van der Waals surface area contributed by atoms with Gasteiger partial charge in [0.1, 0.15) is 0 Å². The molecule has 0 aromatic carbocycles. The molecule has 0 saturated heterocycles. The van der Waals surface area contributed by atoms with Crippen LogP contribution in [0, 0.1) is 0 Å². The lowest BCUT2D eigenvalue weighted by Gasteiger charge is -2.15. The summed E-state index contributed by atoms with van der Waals surface area (Å²) in [6, 6.07) is 0. The van der Waals surface area contributed by atoms with Gasteiger partial charge in [0, 0.05) is 23.3 Å². The molecule has 1 aromatic rings. The van der Waals surface area contributed by atoms with Gasteiger partial charge in [0.15, 0.2) is 0 Å². The summed E-state index contributed by atoms with van der Waals surface area (Å²) in [5.74, 6) is 0.447. The van der Waals surface area contributed by atoms with Gasteiger partial charge < -0.3 is 5.73 Å². The lowest BCUT2D eigenvalue weighted by atomic mass is 9.97. The number of aromatic nitrogens is 1. The van der Waals surface area contributed by atoms with Crippen molar-refractivity contribution in [3.8, 4) is 0 Å². The summed E-state index contributed by atoms with van der Waals surface area (Å²) in [4.78, 5) is 4.71. The maximum atomic E-state index is 5.77. The van der Waals surface area contributed by atoms with Crippen molar-refractivity contribution in [3.63, 3.8) is 0 Å². The second kappa shape index (κ2) is 5.08. The van der Waals surface area contributed by atoms with Crippen molar-refractivity contribution in [3.05, 3.63) is 16.1 Å². The molecule has 86 valence electrons. The lowest BCUT2D eigenvalue weighted by molar-refractivity contribution is 0.568. The van der Waals surface area contributed by atoms with Crippen molar-refractivity contribution in [1.29, 1.82) is 0 Å². The van der Waals surface area contributed by atoms with Crippen molar-refractivity contribution in [2.75, 3.05) is 6.54 Å². The summed E-state index contributed by atoms with van der Waals surface area (Å²) in [6.45, 7) is 9.51. The molecule has 3 heteroatoms. The second-order valence-electron chi connectivity index (χ2n) is 5.05. The SMILES string of the molecule is CCCC(CN)c1csc(C(C)(C)C)n1. The van der Waals surface area contributed by atoms with Crippen molar-refractivity contribution in [2.24, 2.45) is 5.73 Å². The molecule has 0 aliphatic heterocycles. The van der Waals surface area contributed by atoms with E-state index in [1.165, 1.54) is 17.1 Å². The van der Waals surface area contributed by atoms with Crippen LogP contribution in [0.15, 0.2) is 5.38 Å². The highest BCUT2D eigenvalue weighted by Gasteiger charge is 2.20. The first-order valence-electron chi connectivity index (χ1n) is 5.65. The van der Waals surface area contributed by atoms with Crippen LogP contribution in [0.1, 0.15) is 57.2 Å². The number of nitrogens with two attached hydrogens (primary N) is 1. The van der Waals surface area contributed by atoms with Gasteiger partial charge in [-0.3, -0.25) is 0 Å². The average molecular weight is 226 g/mol. The van der Waals surface area contributed by atoms with Crippen LogP contribution in [0.25, 0.3) is 0 Å². The van der Waals surface area contributed by atoms with Crippen molar-refractivity contribution in [1.82, 2.24) is 4.98 Å². The predicted octanol–water partition coefficient (Wildman–Crippen LogP) is 3.28. The molecule has 0 amide bonds. The quantitative estimate of drug-likeness (QED) is 0.855. The number of rotatable bonds is 4. The van der Waals surface area contributed by atoms with E-state index < -0.39 is 0 Å². The first-order valence-corrected chi connectivity index (χ1v) is 6.53. The first-order chi connectivity index (χ1) is 6.99. The minimum atomic E-state index is 0.161. The molecule has 0 saturated carbocycles. The molecule has 2 nitrogen and oxygen atoms in total. The zero-order valence-corrected chi connectivity index (χ0v) is 11.0. The number of nitrogens with zero attached hydrogens (tertiary/aromatic N) is 1. The summed E-state index contributed by atoms with van der Waals surface area (Å²) >= 11 is 1.76. The molecule has 1 unspecified atom stereocenters. The van der Waals surface area contributed by atoms with E-state index >= 15 is 0 Å². The Bertz CT molecular complexity index is 299. The molecule has 1 atom stereocenters. The maximum Gasteiger partial charge on any atom is 0.0982 e. The summed E-state index contributed by atoms with van der Waals surface area (Å²) in [7, 11) is 0. The summed E-state index contributed by atoms with van der Waals surface area (Å²) in [5, 5.41) is 3.39. The minimum Gasteiger partial charge on any atom is -0.330 e. The largest absolute Gasteiger partial charge is 0.330 e. The van der Waals surface area contributed by atoms with Gasteiger partial charge >= 0.3 is 0 Å². The molecule has 0 aliphatic rings. The molecular weight excluding hydrogens is 204 g/mol. The first kappa shape index (κ1) is 12.7. The topological polar surface area (TPSA) is 38.9 Å². The van der Waals surface area contributed by atoms with E-state index in [2.05, 4.69) is 33.1 Å². The van der Waals surface area contributed by atoms with Crippen LogP contribution < -0.4 is 5.73 Å². The molecule has 0 spiro atoms. The Hall–Kier alpha value is -0.410. The van der Waals surface area contributed by atoms with Crippen LogP contribution in [0.4, 0.5) is 0 Å². The zero-order chi connectivity index (χ0) is 11.5. The van der Waals surface area contributed by atoms with Gasteiger partial charge in [0.25, 0.3) is 0 Å². The van der Waals surface area contributed by atoms with Crippen LogP contribution in [-0.2, 0) is 5.41 Å². The van der Waals surface area contributed by atoms with Gasteiger partial charge in [-0.15, -0.1) is 11.3 Å². The summed E-state index contributed by atoms with van der Waals surface area (Å²) in [5.41, 5.74) is 7.12. The Morgan fingerprint density at radius 3 is 2.53 bits per heavy atom. The molecule has 1 heterocycles. The van der Waals surface area contributed by atoms with Crippen LogP contribution in [0.2, 0.25) is 0 Å². The number of hydrogen-bond acceptors (Lipinski definition) is 3. The van der Waals surface area contributed by atoms with Crippen LogP contribution in [0.5, 0.6) is 0 Å². The Morgan fingerprint density at radius 1 is 1.47 bits per heavy atom. The molecule has 0 fully saturated rings. The molecule has 0 aliphatic carbocycles. The molecule has 1 aromatic heterocycles. The van der Waals surface area contributed by atoms with Gasteiger partial charge in [-0.1, -0.05) is 34.1 Å². The van der Waals surface area contributed by atoms with Crippen LogP contribution in [-0.4, -0.2) is 11.5 Å². The lowest BCUT2D eigenvalue weighted by Crippen LogP contribution is -2.14. The minimum absolute atomic E-state index is 0.161. The van der Waals surface area contributed by atoms with Crippen molar-refractivity contribution in [2.45, 2.75) is 51.9 Å². The van der Waals surface area contributed by atoms with Gasteiger partial charge in [-0.25, -0.2) is 4.98 Å². The highest BCUT2D eigenvalue weighted by Crippen LogP contribution is 2.29. The highest BCUT2D eigenvalue weighted by molar-refractivity contribution is 7.09. The molecule has 1 rings (SSSR count). The zero-order valence-electron chi connectivity index (χ0n) is 10.2. The third-order valence-electron chi connectivity index (χ3n) is 2.50. The Labute approximate surface area is 96.9 Å². The van der Waals surface area contributed by atoms with Crippen molar-refractivity contribution >= 4 is 11.3 Å². The van der Waals surface area contributed by atoms with Gasteiger partial charge in [0.05, 0.1) is 10.7 Å². The van der Waals surface area contributed by atoms with Crippen LogP contribution in [0.3, 0.4) is 0 Å². The van der Waals surface area contributed by atoms with Gasteiger partial charge in [-0.2, -0.15) is 0 Å². The Kier molecular flexibility index (Phi) is 4.29. The van der Waals surface area contributed by atoms with E-state index in [1.807, 2.05) is 0 Å². The standard InChI is InChI=1S/C12H22N2S/c1-5-6-9(7-13)10-8-15-11(14-10)12(2,3)4/h8-9H,5-7,13H2,1-4H3. The van der Waals surface area contributed by atoms with Crippen LogP contribution >= 0.6 is 11.3 Å². The van der Waals surface area contributed by atoms with E-state index in [0.717, 1.165) is 6.42 Å². The molecule has 15 heavy (non-hydrogen) atoms. The third-order valence-corrected chi connectivity index (χ3v) is 3.79. The predicted molar refractivity (Wildman–Crippen MR) is 67.5 cm³/mol. The Morgan fingerprint density at radius 2 is 2.13 bits per heavy atom. The molecule has 0 bridgehead atoms. The van der Waals surface area contributed by atoms with E-state index in [-0.39, 0.29) is 5.41 Å². The van der Waals surface area contributed by atoms with Gasteiger partial charge in [0.2, 0.25) is 0 Å². The molecule has 2 N–H and O–H groups in total. The summed E-state index contributed by atoms with van der Waals surface area (Å²) in [6.07, 6.45) is 2.31. The number of hydrogen-bond donors (Lipinski definition) is 1. The number of thiazole rings is 1. The van der Waals surface area contributed by atoms with E-state index in [9.17, 15) is 0 Å². The fraction of sp³-hybridized carbons (Fsp3) is 0.750. The second-order valence-corrected chi connectivity index (χ2v) is 5.91.